The molecule has 0 unspecified atom stereocenters. The highest BCUT2D eigenvalue weighted by Gasteiger charge is 2.31. The Morgan fingerprint density at radius 3 is 2.52 bits per heavy atom. The van der Waals surface area contributed by atoms with Crippen molar-refractivity contribution in [2.45, 2.75) is 26.2 Å². The van der Waals surface area contributed by atoms with Crippen molar-refractivity contribution < 1.29 is 13.2 Å². The van der Waals surface area contributed by atoms with E-state index in [1.54, 1.807) is 6.08 Å². The molecule has 116 valence electrons. The average Bonchev–Trinajstić information content (AvgIpc) is 2.53. The van der Waals surface area contributed by atoms with Crippen LogP contribution in [-0.4, -0.2) is 28.2 Å². The monoisotopic (exact) mass is 309 g/mol. The first kappa shape index (κ1) is 16.2. The van der Waals surface area contributed by atoms with Crippen LogP contribution in [-0.2, 0) is 14.8 Å². The van der Waals surface area contributed by atoms with Gasteiger partial charge in [-0.1, -0.05) is 37.3 Å². The Labute approximate surface area is 127 Å². The highest BCUT2D eigenvalue weighted by atomic mass is 32.2. The van der Waals surface area contributed by atoms with Crippen LogP contribution in [0.5, 0.6) is 0 Å². The zero-order valence-electron chi connectivity index (χ0n) is 12.4. The first-order chi connectivity index (χ1) is 10.1. The zero-order valence-corrected chi connectivity index (χ0v) is 13.2. The first-order valence-electron chi connectivity index (χ1n) is 7.36. The third-order valence-corrected chi connectivity index (χ3v) is 5.23. The van der Waals surface area contributed by atoms with Crippen LogP contribution in [0.3, 0.4) is 0 Å². The molecule has 1 N–H and O–H groups in total. The van der Waals surface area contributed by atoms with Gasteiger partial charge in [-0.15, -0.1) is 0 Å². The maximum absolute atomic E-state index is 12.1. The Morgan fingerprint density at radius 2 is 1.90 bits per heavy atom. The lowest BCUT2D eigenvalue weighted by Crippen LogP contribution is -2.40. The van der Waals surface area contributed by atoms with Gasteiger partial charge in [-0.25, -0.2) is 13.1 Å². The molecule has 0 bridgehead atoms. The van der Waals surface area contributed by atoms with E-state index in [9.17, 15) is 8.42 Å². The van der Waals surface area contributed by atoms with Crippen molar-refractivity contribution in [3.8, 4) is 0 Å². The third-order valence-electron chi connectivity index (χ3n) is 4.19. The molecular formula is C16H23NO3S. The molecule has 4 nitrogen and oxygen atoms in total. The van der Waals surface area contributed by atoms with Gasteiger partial charge in [-0.2, -0.15) is 0 Å². The van der Waals surface area contributed by atoms with E-state index in [1.165, 1.54) is 5.41 Å². The molecule has 1 heterocycles. The third kappa shape index (κ3) is 4.95. The van der Waals surface area contributed by atoms with Crippen LogP contribution in [0, 0.1) is 5.41 Å². The summed E-state index contributed by atoms with van der Waals surface area (Å²) in [5.74, 6) is 0. The molecule has 1 fully saturated rings. The van der Waals surface area contributed by atoms with Gasteiger partial charge < -0.3 is 4.74 Å². The van der Waals surface area contributed by atoms with Gasteiger partial charge in [0, 0.05) is 25.2 Å². The van der Waals surface area contributed by atoms with Crippen molar-refractivity contribution in [2.75, 3.05) is 19.8 Å². The lowest BCUT2D eigenvalue weighted by Gasteiger charge is -2.36. The lowest BCUT2D eigenvalue weighted by atomic mass is 9.78. The number of nitrogens with one attached hydrogen (secondary N) is 1. The van der Waals surface area contributed by atoms with E-state index in [1.807, 2.05) is 30.3 Å². The fraction of sp³-hybridized carbons (Fsp3) is 0.500. The fourth-order valence-corrected chi connectivity index (χ4v) is 3.43. The van der Waals surface area contributed by atoms with Gasteiger partial charge in [0.25, 0.3) is 0 Å². The van der Waals surface area contributed by atoms with E-state index in [0.717, 1.165) is 38.0 Å². The zero-order chi connectivity index (χ0) is 15.2. The minimum Gasteiger partial charge on any atom is -0.381 e. The van der Waals surface area contributed by atoms with Gasteiger partial charge >= 0.3 is 0 Å². The summed E-state index contributed by atoms with van der Waals surface area (Å²) in [7, 11) is -3.40. The molecule has 1 aromatic rings. The molecular weight excluding hydrogens is 286 g/mol. The van der Waals surface area contributed by atoms with Crippen LogP contribution in [0.25, 0.3) is 6.08 Å². The van der Waals surface area contributed by atoms with Gasteiger partial charge in [0.2, 0.25) is 10.0 Å². The predicted molar refractivity (Wildman–Crippen MR) is 85.2 cm³/mol. The second-order valence-electron chi connectivity index (χ2n) is 5.55. The van der Waals surface area contributed by atoms with E-state index < -0.39 is 10.0 Å². The molecule has 0 atom stereocenters. The van der Waals surface area contributed by atoms with E-state index in [4.69, 9.17) is 4.74 Å². The van der Waals surface area contributed by atoms with Crippen LogP contribution in [0.15, 0.2) is 35.7 Å². The van der Waals surface area contributed by atoms with Crippen LogP contribution in [0.4, 0.5) is 0 Å². The van der Waals surface area contributed by atoms with Crippen LogP contribution < -0.4 is 4.72 Å². The summed E-state index contributed by atoms with van der Waals surface area (Å²) in [6.07, 6.45) is 4.40. The number of sulfonamides is 1. The van der Waals surface area contributed by atoms with Crippen molar-refractivity contribution in [2.24, 2.45) is 5.41 Å². The SMILES string of the molecule is CCC1(CNS(=O)(=O)/C=C/c2ccccc2)CCOCC1. The van der Waals surface area contributed by atoms with E-state index in [-0.39, 0.29) is 5.41 Å². The lowest BCUT2D eigenvalue weighted by molar-refractivity contribution is 0.0154. The molecule has 0 amide bonds. The molecule has 0 spiro atoms. The predicted octanol–water partition coefficient (Wildman–Crippen LogP) is 2.78. The number of ether oxygens (including phenoxy) is 1. The molecule has 21 heavy (non-hydrogen) atoms. The second kappa shape index (κ2) is 7.20. The molecule has 1 saturated heterocycles. The number of hydrogen-bond acceptors (Lipinski definition) is 3. The summed E-state index contributed by atoms with van der Waals surface area (Å²) < 4.78 is 32.2. The minimum absolute atomic E-state index is 0.0336. The molecule has 2 rings (SSSR count). The normalized spacial score (nSPS) is 18.9. The summed E-state index contributed by atoms with van der Waals surface area (Å²) in [6, 6.07) is 9.41. The quantitative estimate of drug-likeness (QED) is 0.879. The standard InChI is InChI=1S/C16H23NO3S/c1-2-16(9-11-20-12-10-16)14-17-21(18,19)13-8-15-6-4-3-5-7-15/h3-8,13,17H,2,9-12,14H2,1H3/b13-8+. The van der Waals surface area contributed by atoms with Crippen molar-refractivity contribution in [1.29, 1.82) is 0 Å². The summed E-state index contributed by atoms with van der Waals surface area (Å²) in [5.41, 5.74) is 0.908. The maximum atomic E-state index is 12.1. The maximum Gasteiger partial charge on any atom is 0.233 e. The van der Waals surface area contributed by atoms with E-state index >= 15 is 0 Å². The van der Waals surface area contributed by atoms with Crippen molar-refractivity contribution in [3.05, 3.63) is 41.3 Å². The highest BCUT2D eigenvalue weighted by Crippen LogP contribution is 2.33. The highest BCUT2D eigenvalue weighted by molar-refractivity contribution is 7.92. The van der Waals surface area contributed by atoms with Crippen molar-refractivity contribution in [1.82, 2.24) is 4.72 Å². The van der Waals surface area contributed by atoms with Gasteiger partial charge in [0.05, 0.1) is 0 Å². The molecule has 1 aliphatic rings. The molecule has 0 aromatic heterocycles. The van der Waals surface area contributed by atoms with Gasteiger partial charge in [-0.05, 0) is 36.3 Å². The van der Waals surface area contributed by atoms with Gasteiger partial charge in [0.15, 0.2) is 0 Å². The molecule has 1 aliphatic heterocycles. The topological polar surface area (TPSA) is 55.4 Å². The Bertz CT molecular complexity index is 560. The number of hydrogen-bond donors (Lipinski definition) is 1. The van der Waals surface area contributed by atoms with Gasteiger partial charge in [0.1, 0.15) is 0 Å². The summed E-state index contributed by atoms with van der Waals surface area (Å²) in [6.45, 7) is 4.03. The molecule has 0 saturated carbocycles. The van der Waals surface area contributed by atoms with Crippen LogP contribution in [0.2, 0.25) is 0 Å². The van der Waals surface area contributed by atoms with Crippen molar-refractivity contribution in [3.63, 3.8) is 0 Å². The Kier molecular flexibility index (Phi) is 5.56. The molecule has 5 heteroatoms. The first-order valence-corrected chi connectivity index (χ1v) is 8.90. The van der Waals surface area contributed by atoms with Crippen molar-refractivity contribution >= 4 is 16.1 Å². The molecule has 1 aromatic carbocycles. The Balaban J connectivity index is 1.96. The smallest absolute Gasteiger partial charge is 0.233 e. The average molecular weight is 309 g/mol. The largest absolute Gasteiger partial charge is 0.381 e. The molecule has 0 radical (unpaired) electrons. The summed E-state index contributed by atoms with van der Waals surface area (Å²) in [5, 5.41) is 1.24. The Hall–Kier alpha value is -1.17. The van der Waals surface area contributed by atoms with Crippen LogP contribution >= 0.6 is 0 Å². The Morgan fingerprint density at radius 1 is 1.24 bits per heavy atom. The van der Waals surface area contributed by atoms with E-state index in [2.05, 4.69) is 11.6 Å². The summed E-state index contributed by atoms with van der Waals surface area (Å²) in [4.78, 5) is 0. The van der Waals surface area contributed by atoms with Gasteiger partial charge in [-0.3, -0.25) is 0 Å². The number of benzene rings is 1. The second-order valence-corrected chi connectivity index (χ2v) is 7.20. The fourth-order valence-electron chi connectivity index (χ4n) is 2.49. The minimum atomic E-state index is -3.40. The number of rotatable bonds is 6. The summed E-state index contributed by atoms with van der Waals surface area (Å²) >= 11 is 0. The van der Waals surface area contributed by atoms with E-state index in [0.29, 0.717) is 6.54 Å². The van der Waals surface area contributed by atoms with Crippen LogP contribution in [0.1, 0.15) is 31.7 Å². The molecule has 0 aliphatic carbocycles.